The van der Waals surface area contributed by atoms with Crippen molar-refractivity contribution in [3.05, 3.63) is 29.8 Å². The van der Waals surface area contributed by atoms with E-state index in [1.54, 1.807) is 0 Å². The van der Waals surface area contributed by atoms with E-state index in [2.05, 4.69) is 5.32 Å². The normalized spacial score (nSPS) is 19.8. The summed E-state index contributed by atoms with van der Waals surface area (Å²) in [6.07, 6.45) is 0.346. The highest BCUT2D eigenvalue weighted by Crippen LogP contribution is 2.36. The topological polar surface area (TPSA) is 90.7 Å². The second kappa shape index (κ2) is 6.57. The van der Waals surface area contributed by atoms with Crippen LogP contribution in [0.1, 0.15) is 40.2 Å². The molecule has 3 N–H and O–H groups in total. The van der Waals surface area contributed by atoms with Gasteiger partial charge in [-0.15, -0.1) is 0 Å². The molecule has 2 amide bonds. The van der Waals surface area contributed by atoms with Gasteiger partial charge in [0.2, 0.25) is 11.8 Å². The molecular weight excluding hydrogens is 307 g/mol. The molecule has 0 aromatic heterocycles. The van der Waals surface area contributed by atoms with Crippen LogP contribution in [0.2, 0.25) is 0 Å². The molecule has 0 unspecified atom stereocenters. The molecule has 1 fully saturated rings. The number of carbonyl (C=O) groups is 2. The maximum absolute atomic E-state index is 11.4. The van der Waals surface area contributed by atoms with E-state index < -0.39 is 30.3 Å². The first kappa shape index (κ1) is 18.5. The summed E-state index contributed by atoms with van der Waals surface area (Å²) in [7, 11) is -0.425. The third kappa shape index (κ3) is 3.97. The Labute approximate surface area is 143 Å². The Morgan fingerprint density at radius 1 is 1.12 bits per heavy atom. The fourth-order valence-corrected chi connectivity index (χ4v) is 2.49. The zero-order valence-corrected chi connectivity index (χ0v) is 14.9. The smallest absolute Gasteiger partial charge is 0.399 e. The van der Waals surface area contributed by atoms with Crippen LogP contribution in [0.15, 0.2) is 24.3 Å². The van der Waals surface area contributed by atoms with Crippen LogP contribution in [0.25, 0.3) is 0 Å². The summed E-state index contributed by atoms with van der Waals surface area (Å²) in [5.41, 5.74) is 6.35. The minimum absolute atomic E-state index is 0.285. The van der Waals surface area contributed by atoms with Crippen molar-refractivity contribution in [3.8, 4) is 0 Å². The van der Waals surface area contributed by atoms with Crippen LogP contribution < -0.4 is 16.5 Å². The van der Waals surface area contributed by atoms with Gasteiger partial charge in [0.25, 0.3) is 0 Å². The number of primary amides is 1. The molecule has 130 valence electrons. The minimum atomic E-state index is -0.717. The van der Waals surface area contributed by atoms with Crippen LogP contribution in [0, 0.1) is 0 Å². The molecule has 1 atom stereocenters. The number of amides is 2. The highest BCUT2D eigenvalue weighted by atomic mass is 16.7. The van der Waals surface area contributed by atoms with Gasteiger partial charge in [0.1, 0.15) is 6.04 Å². The number of hydrogen-bond donors (Lipinski definition) is 2. The summed E-state index contributed by atoms with van der Waals surface area (Å²) in [5.74, 6) is -0.840. The van der Waals surface area contributed by atoms with Crippen molar-refractivity contribution in [2.75, 3.05) is 0 Å². The highest BCUT2D eigenvalue weighted by molar-refractivity contribution is 6.62. The van der Waals surface area contributed by atoms with Crippen LogP contribution in [-0.2, 0) is 25.3 Å². The monoisotopic (exact) mass is 332 g/mol. The predicted octanol–water partition coefficient (Wildman–Crippen LogP) is 0.518. The van der Waals surface area contributed by atoms with Gasteiger partial charge in [-0.25, -0.2) is 0 Å². The van der Waals surface area contributed by atoms with Gasteiger partial charge in [-0.1, -0.05) is 24.3 Å². The summed E-state index contributed by atoms with van der Waals surface area (Å²) in [6, 6.07) is 6.87. The van der Waals surface area contributed by atoms with Gasteiger partial charge in [0, 0.05) is 13.3 Å². The summed E-state index contributed by atoms with van der Waals surface area (Å²) >= 11 is 0. The number of benzene rings is 1. The maximum Gasteiger partial charge on any atom is 0.494 e. The van der Waals surface area contributed by atoms with Crippen molar-refractivity contribution < 1.29 is 18.9 Å². The molecule has 0 bridgehead atoms. The minimum Gasteiger partial charge on any atom is -0.399 e. The number of hydrogen-bond acceptors (Lipinski definition) is 4. The van der Waals surface area contributed by atoms with E-state index in [0.717, 1.165) is 11.0 Å². The van der Waals surface area contributed by atoms with Crippen molar-refractivity contribution in [3.63, 3.8) is 0 Å². The van der Waals surface area contributed by atoms with E-state index >= 15 is 0 Å². The molecule has 1 aromatic rings. The van der Waals surface area contributed by atoms with Gasteiger partial charge in [0.15, 0.2) is 0 Å². The zero-order valence-electron chi connectivity index (χ0n) is 14.9. The lowest BCUT2D eigenvalue weighted by Gasteiger charge is -2.32. The van der Waals surface area contributed by atoms with Gasteiger partial charge in [-0.05, 0) is 38.7 Å². The highest BCUT2D eigenvalue weighted by Gasteiger charge is 2.51. The van der Waals surface area contributed by atoms with Crippen LogP contribution in [0.5, 0.6) is 0 Å². The summed E-state index contributed by atoms with van der Waals surface area (Å²) in [5, 5.41) is 2.56. The molecule has 24 heavy (non-hydrogen) atoms. The number of carbonyl (C=O) groups excluding carboxylic acids is 2. The quantitative estimate of drug-likeness (QED) is 0.769. The summed E-state index contributed by atoms with van der Waals surface area (Å²) < 4.78 is 12.0. The lowest BCUT2D eigenvalue weighted by atomic mass is 9.78. The van der Waals surface area contributed by atoms with Crippen LogP contribution in [-0.4, -0.2) is 36.2 Å². The Morgan fingerprint density at radius 2 is 1.62 bits per heavy atom. The van der Waals surface area contributed by atoms with E-state index in [1.807, 2.05) is 52.0 Å². The average Bonchev–Trinajstić information content (AvgIpc) is 2.67. The molecular formula is C17H25BN2O4. The Bertz CT molecular complexity index is 612. The molecule has 1 heterocycles. The van der Waals surface area contributed by atoms with Crippen molar-refractivity contribution in [2.24, 2.45) is 5.73 Å². The van der Waals surface area contributed by atoms with Crippen molar-refractivity contribution in [2.45, 2.75) is 58.3 Å². The molecule has 0 saturated carbocycles. The largest absolute Gasteiger partial charge is 0.494 e. The number of rotatable bonds is 5. The fraction of sp³-hybridized carbons (Fsp3) is 0.529. The van der Waals surface area contributed by atoms with Crippen LogP contribution >= 0.6 is 0 Å². The zero-order chi connectivity index (χ0) is 18.1. The third-order valence-corrected chi connectivity index (χ3v) is 4.67. The lowest BCUT2D eigenvalue weighted by Crippen LogP contribution is -2.45. The first-order chi connectivity index (χ1) is 11.0. The fourth-order valence-electron chi connectivity index (χ4n) is 2.49. The van der Waals surface area contributed by atoms with E-state index in [-0.39, 0.29) is 5.91 Å². The van der Waals surface area contributed by atoms with Crippen LogP contribution in [0.3, 0.4) is 0 Å². The lowest BCUT2D eigenvalue weighted by molar-refractivity contribution is -0.126. The maximum atomic E-state index is 11.4. The Balaban J connectivity index is 2.08. The molecule has 0 spiro atoms. The van der Waals surface area contributed by atoms with E-state index in [9.17, 15) is 9.59 Å². The van der Waals surface area contributed by atoms with Gasteiger partial charge in [-0.3, -0.25) is 9.59 Å². The molecule has 2 rings (SSSR count). The number of nitrogens with two attached hydrogens (primary N) is 1. The van der Waals surface area contributed by atoms with Crippen molar-refractivity contribution >= 4 is 24.4 Å². The Morgan fingerprint density at radius 3 is 2.04 bits per heavy atom. The molecule has 6 nitrogen and oxygen atoms in total. The van der Waals surface area contributed by atoms with E-state index in [1.165, 1.54) is 6.92 Å². The number of nitrogens with one attached hydrogen (secondary N) is 1. The SMILES string of the molecule is CC(=O)N[C@H](Cc1ccc(B2OC(C)(C)C(C)(C)O2)cc1)C(N)=O. The molecule has 0 radical (unpaired) electrons. The van der Waals surface area contributed by atoms with E-state index in [4.69, 9.17) is 15.0 Å². The van der Waals surface area contributed by atoms with Gasteiger partial charge < -0.3 is 20.4 Å². The molecule has 1 aliphatic heterocycles. The second-order valence-electron chi connectivity index (χ2n) is 7.19. The Hall–Kier alpha value is -1.86. The molecule has 1 aliphatic rings. The molecule has 7 heteroatoms. The predicted molar refractivity (Wildman–Crippen MR) is 92.7 cm³/mol. The summed E-state index contributed by atoms with van der Waals surface area (Å²) in [4.78, 5) is 22.6. The third-order valence-electron chi connectivity index (χ3n) is 4.67. The molecule has 0 aliphatic carbocycles. The standard InChI is InChI=1S/C17H25BN2O4/c1-11(21)20-14(15(19)22)10-12-6-8-13(9-7-12)18-23-16(2,3)17(4,5)24-18/h6-9,14H,10H2,1-5H3,(H2,19,22)(H,20,21)/t14-/m1/s1. The second-order valence-corrected chi connectivity index (χ2v) is 7.19. The van der Waals surface area contributed by atoms with Gasteiger partial charge in [0.05, 0.1) is 11.2 Å². The average molecular weight is 332 g/mol. The van der Waals surface area contributed by atoms with Crippen LogP contribution in [0.4, 0.5) is 0 Å². The van der Waals surface area contributed by atoms with Crippen molar-refractivity contribution in [1.29, 1.82) is 0 Å². The van der Waals surface area contributed by atoms with Crippen molar-refractivity contribution in [1.82, 2.24) is 5.32 Å². The molecule has 1 saturated heterocycles. The van der Waals surface area contributed by atoms with Gasteiger partial charge in [-0.2, -0.15) is 0 Å². The Kier molecular flexibility index (Phi) is 5.06. The van der Waals surface area contributed by atoms with Gasteiger partial charge >= 0.3 is 7.12 Å². The first-order valence-corrected chi connectivity index (χ1v) is 8.03. The van der Waals surface area contributed by atoms with E-state index in [0.29, 0.717) is 6.42 Å². The molecule has 1 aromatic carbocycles. The first-order valence-electron chi connectivity index (χ1n) is 8.03. The summed E-state index contributed by atoms with van der Waals surface area (Å²) in [6.45, 7) is 9.38.